The van der Waals surface area contributed by atoms with Crippen LogP contribution in [0.3, 0.4) is 0 Å². The third-order valence-corrected chi connectivity index (χ3v) is 6.33. The Hall–Kier alpha value is -4.51. The van der Waals surface area contributed by atoms with Gasteiger partial charge in [-0.15, -0.1) is 0 Å². The molecule has 0 saturated heterocycles. The maximum Gasteiger partial charge on any atom is 0.269 e. The van der Waals surface area contributed by atoms with Crippen molar-refractivity contribution in [1.29, 1.82) is 0 Å². The van der Waals surface area contributed by atoms with Gasteiger partial charge in [-0.2, -0.15) is 0 Å². The summed E-state index contributed by atoms with van der Waals surface area (Å²) in [6.07, 6.45) is 0. The number of aromatic nitrogens is 2. The summed E-state index contributed by atoms with van der Waals surface area (Å²) in [5, 5.41) is 17.2. The largest absolute Gasteiger partial charge is 0.340 e. The molecule has 0 fully saturated rings. The number of hydrogen-bond donors (Lipinski definition) is 3. The van der Waals surface area contributed by atoms with Crippen molar-refractivity contribution in [3.63, 3.8) is 0 Å². The summed E-state index contributed by atoms with van der Waals surface area (Å²) in [6.45, 7) is 3.81. The van der Waals surface area contributed by atoms with E-state index in [1.165, 1.54) is 12.1 Å². The second kappa shape index (κ2) is 9.77. The van der Waals surface area contributed by atoms with E-state index in [-0.39, 0.29) is 10.6 Å². The predicted molar refractivity (Wildman–Crippen MR) is 135 cm³/mol. The minimum atomic E-state index is -3.89. The van der Waals surface area contributed by atoms with Crippen molar-refractivity contribution in [2.45, 2.75) is 18.7 Å². The van der Waals surface area contributed by atoms with Crippen molar-refractivity contribution in [1.82, 2.24) is 9.97 Å². The number of aryl methyl sites for hydroxylation is 2. The first-order valence-corrected chi connectivity index (χ1v) is 12.0. The van der Waals surface area contributed by atoms with Crippen LogP contribution in [0.5, 0.6) is 0 Å². The van der Waals surface area contributed by atoms with Gasteiger partial charge in [-0.1, -0.05) is 17.7 Å². The fourth-order valence-corrected chi connectivity index (χ4v) is 4.27. The van der Waals surface area contributed by atoms with Gasteiger partial charge in [0, 0.05) is 35.3 Å². The quantitative estimate of drug-likeness (QED) is 0.224. The highest BCUT2D eigenvalue weighted by Gasteiger charge is 2.16. The first-order valence-electron chi connectivity index (χ1n) is 10.5. The van der Waals surface area contributed by atoms with Crippen molar-refractivity contribution in [2.24, 2.45) is 0 Å². The van der Waals surface area contributed by atoms with Gasteiger partial charge in [0.05, 0.1) is 9.82 Å². The van der Waals surface area contributed by atoms with Gasteiger partial charge in [-0.3, -0.25) is 14.8 Å². The lowest BCUT2D eigenvalue weighted by Gasteiger charge is -2.12. The second-order valence-electron chi connectivity index (χ2n) is 7.74. The number of sulfonamides is 1. The van der Waals surface area contributed by atoms with Crippen LogP contribution in [0.15, 0.2) is 83.8 Å². The molecule has 0 spiro atoms. The molecule has 1 heterocycles. The van der Waals surface area contributed by atoms with Gasteiger partial charge in [0.15, 0.2) is 0 Å². The topological polar surface area (TPSA) is 139 Å². The molecule has 0 radical (unpaired) electrons. The molecule has 0 unspecified atom stereocenters. The number of nitro groups is 1. The molecule has 0 atom stereocenters. The lowest BCUT2D eigenvalue weighted by molar-refractivity contribution is -0.384. The Kier molecular flexibility index (Phi) is 6.60. The summed E-state index contributed by atoms with van der Waals surface area (Å²) >= 11 is 0. The van der Waals surface area contributed by atoms with E-state index in [1.807, 2.05) is 31.2 Å². The van der Waals surface area contributed by atoms with E-state index in [2.05, 4.69) is 25.3 Å². The first kappa shape index (κ1) is 23.6. The lowest BCUT2D eigenvalue weighted by Crippen LogP contribution is -2.12. The van der Waals surface area contributed by atoms with Crippen LogP contribution in [0, 0.1) is 24.0 Å². The van der Waals surface area contributed by atoms with E-state index >= 15 is 0 Å². The Labute approximate surface area is 202 Å². The van der Waals surface area contributed by atoms with Gasteiger partial charge in [-0.05, 0) is 62.4 Å². The van der Waals surface area contributed by atoms with E-state index in [1.54, 1.807) is 37.3 Å². The summed E-state index contributed by atoms with van der Waals surface area (Å²) in [5.41, 5.74) is 2.92. The Morgan fingerprint density at radius 1 is 0.743 bits per heavy atom. The van der Waals surface area contributed by atoms with Gasteiger partial charge in [0.25, 0.3) is 15.7 Å². The normalized spacial score (nSPS) is 11.0. The van der Waals surface area contributed by atoms with Crippen LogP contribution in [-0.2, 0) is 10.0 Å². The molecule has 0 bridgehead atoms. The number of anilines is 5. The van der Waals surface area contributed by atoms with Gasteiger partial charge in [0.2, 0.25) is 0 Å². The van der Waals surface area contributed by atoms with Crippen molar-refractivity contribution in [3.05, 3.63) is 100 Å². The zero-order valence-corrected chi connectivity index (χ0v) is 19.7. The van der Waals surface area contributed by atoms with Crippen molar-refractivity contribution in [3.8, 4) is 0 Å². The molecule has 178 valence electrons. The van der Waals surface area contributed by atoms with Crippen molar-refractivity contribution < 1.29 is 13.3 Å². The molecule has 0 amide bonds. The standard InChI is InChI=1S/C24H22N6O4S/c1-16-3-5-18(6-4-16)27-23-15-24(26-17(2)25-23)28-19-7-9-20(10-8-19)29-35(33,34)22-13-11-21(12-14-22)30(31)32/h3-15,29H,1-2H3,(H2,25,26,27,28). The van der Waals surface area contributed by atoms with Crippen LogP contribution < -0.4 is 15.4 Å². The van der Waals surface area contributed by atoms with Crippen LogP contribution in [0.4, 0.5) is 34.4 Å². The van der Waals surface area contributed by atoms with Crippen LogP contribution in [-0.4, -0.2) is 23.3 Å². The third kappa shape index (κ3) is 6.09. The van der Waals surface area contributed by atoms with E-state index in [0.29, 0.717) is 28.8 Å². The molecule has 0 aliphatic heterocycles. The molecule has 0 aliphatic carbocycles. The molecule has 0 aliphatic rings. The van der Waals surface area contributed by atoms with Gasteiger partial charge in [-0.25, -0.2) is 18.4 Å². The molecular weight excluding hydrogens is 468 g/mol. The maximum atomic E-state index is 12.6. The zero-order valence-electron chi connectivity index (χ0n) is 18.9. The monoisotopic (exact) mass is 490 g/mol. The number of nitro benzene ring substituents is 1. The Bertz CT molecular complexity index is 1460. The number of non-ortho nitro benzene ring substituents is 1. The molecule has 4 rings (SSSR count). The molecule has 4 aromatic rings. The number of nitrogens with one attached hydrogen (secondary N) is 3. The number of rotatable bonds is 8. The minimum absolute atomic E-state index is 0.0737. The summed E-state index contributed by atoms with van der Waals surface area (Å²) < 4.78 is 27.6. The average Bonchev–Trinajstić information content (AvgIpc) is 2.81. The number of nitrogens with zero attached hydrogens (tertiary/aromatic N) is 3. The fourth-order valence-electron chi connectivity index (χ4n) is 3.21. The highest BCUT2D eigenvalue weighted by molar-refractivity contribution is 7.92. The lowest BCUT2D eigenvalue weighted by atomic mass is 10.2. The molecule has 35 heavy (non-hydrogen) atoms. The highest BCUT2D eigenvalue weighted by Crippen LogP contribution is 2.24. The summed E-state index contributed by atoms with van der Waals surface area (Å²) in [4.78, 5) is 18.9. The van der Waals surface area contributed by atoms with Crippen LogP contribution in [0.2, 0.25) is 0 Å². The zero-order chi connectivity index (χ0) is 25.0. The molecule has 11 heteroatoms. The Balaban J connectivity index is 1.45. The van der Waals surface area contributed by atoms with E-state index in [9.17, 15) is 18.5 Å². The molecule has 3 aromatic carbocycles. The van der Waals surface area contributed by atoms with Crippen LogP contribution >= 0.6 is 0 Å². The second-order valence-corrected chi connectivity index (χ2v) is 9.42. The summed E-state index contributed by atoms with van der Waals surface area (Å²) in [7, 11) is -3.89. The predicted octanol–water partition coefficient (Wildman–Crippen LogP) is 5.29. The molecule has 1 aromatic heterocycles. The van der Waals surface area contributed by atoms with Gasteiger partial charge in [0.1, 0.15) is 17.5 Å². The SMILES string of the molecule is Cc1ccc(Nc2cc(Nc3ccc(NS(=O)(=O)c4ccc([N+](=O)[O-])cc4)cc3)nc(C)n2)cc1. The van der Waals surface area contributed by atoms with Crippen molar-refractivity contribution >= 4 is 44.4 Å². The summed E-state index contributed by atoms with van der Waals surface area (Å²) in [6, 6.07) is 21.0. The van der Waals surface area contributed by atoms with Crippen LogP contribution in [0.25, 0.3) is 0 Å². The highest BCUT2D eigenvalue weighted by atomic mass is 32.2. The smallest absolute Gasteiger partial charge is 0.269 e. The third-order valence-electron chi connectivity index (χ3n) is 4.93. The Morgan fingerprint density at radius 2 is 1.23 bits per heavy atom. The Morgan fingerprint density at radius 3 is 1.74 bits per heavy atom. The van der Waals surface area contributed by atoms with E-state index < -0.39 is 14.9 Å². The van der Waals surface area contributed by atoms with Crippen LogP contribution in [0.1, 0.15) is 11.4 Å². The minimum Gasteiger partial charge on any atom is -0.340 e. The van der Waals surface area contributed by atoms with Gasteiger partial charge < -0.3 is 10.6 Å². The van der Waals surface area contributed by atoms with E-state index in [4.69, 9.17) is 0 Å². The molecule has 10 nitrogen and oxygen atoms in total. The van der Waals surface area contributed by atoms with Gasteiger partial charge >= 0.3 is 0 Å². The number of hydrogen-bond acceptors (Lipinski definition) is 8. The first-order chi connectivity index (χ1) is 16.7. The molecule has 0 saturated carbocycles. The maximum absolute atomic E-state index is 12.6. The van der Waals surface area contributed by atoms with Crippen molar-refractivity contribution in [2.75, 3.05) is 15.4 Å². The fraction of sp³-hybridized carbons (Fsp3) is 0.0833. The molecule has 3 N–H and O–H groups in total. The average molecular weight is 491 g/mol. The molecular formula is C24H22N6O4S. The number of benzene rings is 3. The summed E-state index contributed by atoms with van der Waals surface area (Å²) in [5.74, 6) is 1.79. The van der Waals surface area contributed by atoms with E-state index in [0.717, 1.165) is 23.4 Å².